The Bertz CT molecular complexity index is 191. The lowest BCUT2D eigenvalue weighted by molar-refractivity contribution is -0.123. The quantitative estimate of drug-likeness (QED) is 0.625. The molecule has 0 aliphatic rings. The van der Waals surface area contributed by atoms with Gasteiger partial charge in [0.2, 0.25) is 5.91 Å². The summed E-state index contributed by atoms with van der Waals surface area (Å²) in [4.78, 5) is 11.5. The van der Waals surface area contributed by atoms with Gasteiger partial charge in [0.15, 0.2) is 0 Å². The fourth-order valence-corrected chi connectivity index (χ4v) is 1.01. The fraction of sp³-hybridized carbons (Fsp3) is 0.909. The number of rotatable bonds is 7. The van der Waals surface area contributed by atoms with Crippen molar-refractivity contribution in [2.24, 2.45) is 5.73 Å². The minimum atomic E-state index is -0.345. The third-order valence-corrected chi connectivity index (χ3v) is 2.50. The second-order valence-corrected chi connectivity index (χ2v) is 4.36. The van der Waals surface area contributed by atoms with Gasteiger partial charge < -0.3 is 15.8 Å². The van der Waals surface area contributed by atoms with Gasteiger partial charge in [-0.25, -0.2) is 0 Å². The summed E-state index contributed by atoms with van der Waals surface area (Å²) in [6, 6.07) is -0.0617. The second kappa shape index (κ2) is 6.80. The number of nitrogens with one attached hydrogen (secondary N) is 1. The summed E-state index contributed by atoms with van der Waals surface area (Å²) >= 11 is 0. The molecule has 4 heteroatoms. The van der Waals surface area contributed by atoms with Crippen LogP contribution in [0.3, 0.4) is 0 Å². The van der Waals surface area contributed by atoms with Crippen LogP contribution in [0, 0.1) is 0 Å². The Hall–Kier alpha value is -0.610. The average molecular weight is 216 g/mol. The van der Waals surface area contributed by atoms with Crippen molar-refractivity contribution in [3.63, 3.8) is 0 Å². The minimum Gasteiger partial charge on any atom is -0.382 e. The molecule has 15 heavy (non-hydrogen) atoms. The van der Waals surface area contributed by atoms with Crippen LogP contribution in [0.15, 0.2) is 0 Å². The van der Waals surface area contributed by atoms with Crippen LogP contribution in [0.1, 0.15) is 40.5 Å². The monoisotopic (exact) mass is 216 g/mol. The minimum absolute atomic E-state index is 0.0389. The zero-order chi connectivity index (χ0) is 11.9. The lowest BCUT2D eigenvalue weighted by Crippen LogP contribution is -2.54. The zero-order valence-electron chi connectivity index (χ0n) is 10.3. The summed E-state index contributed by atoms with van der Waals surface area (Å²) < 4.78 is 5.16. The maximum atomic E-state index is 11.5. The van der Waals surface area contributed by atoms with Crippen LogP contribution < -0.4 is 11.1 Å². The Kier molecular flexibility index (Phi) is 6.52. The van der Waals surface area contributed by atoms with E-state index in [1.165, 1.54) is 0 Å². The van der Waals surface area contributed by atoms with Crippen molar-refractivity contribution < 1.29 is 9.53 Å². The summed E-state index contributed by atoms with van der Waals surface area (Å²) in [5.74, 6) is 0.0389. The van der Waals surface area contributed by atoms with Crippen molar-refractivity contribution in [2.75, 3.05) is 13.2 Å². The summed E-state index contributed by atoms with van der Waals surface area (Å²) in [7, 11) is 0. The number of hydrogen-bond donors (Lipinski definition) is 2. The molecule has 0 aromatic rings. The fourth-order valence-electron chi connectivity index (χ4n) is 1.01. The van der Waals surface area contributed by atoms with Gasteiger partial charge in [0.05, 0.1) is 0 Å². The molecule has 90 valence electrons. The van der Waals surface area contributed by atoms with Gasteiger partial charge in [-0.3, -0.25) is 4.79 Å². The highest BCUT2D eigenvalue weighted by Crippen LogP contribution is 2.06. The van der Waals surface area contributed by atoms with E-state index in [1.807, 2.05) is 27.7 Å². The van der Waals surface area contributed by atoms with Gasteiger partial charge in [-0.1, -0.05) is 0 Å². The van der Waals surface area contributed by atoms with Gasteiger partial charge >= 0.3 is 0 Å². The van der Waals surface area contributed by atoms with Crippen LogP contribution in [0.25, 0.3) is 0 Å². The van der Waals surface area contributed by atoms with Gasteiger partial charge in [0, 0.05) is 31.2 Å². The highest BCUT2D eigenvalue weighted by Gasteiger charge is 2.24. The first-order valence-corrected chi connectivity index (χ1v) is 5.54. The van der Waals surface area contributed by atoms with Crippen LogP contribution in [0.5, 0.6) is 0 Å². The summed E-state index contributed by atoms with van der Waals surface area (Å²) in [5.41, 5.74) is 5.41. The number of carbonyl (C=O) groups excluding carboxylic acids is 1. The van der Waals surface area contributed by atoms with E-state index >= 15 is 0 Å². The summed E-state index contributed by atoms with van der Waals surface area (Å²) in [6.45, 7) is 9.03. The van der Waals surface area contributed by atoms with E-state index in [0.717, 1.165) is 6.42 Å². The SMILES string of the molecule is CCOCCCC(=O)NC(C)(C)C(C)N. The molecule has 1 unspecified atom stereocenters. The smallest absolute Gasteiger partial charge is 0.220 e. The van der Waals surface area contributed by atoms with Crippen molar-refractivity contribution in [3.05, 3.63) is 0 Å². The van der Waals surface area contributed by atoms with Crippen LogP contribution >= 0.6 is 0 Å². The third kappa shape index (κ3) is 6.47. The number of ether oxygens (including phenoxy) is 1. The Balaban J connectivity index is 3.74. The predicted octanol–water partition coefficient (Wildman–Crippen LogP) is 1.05. The molecule has 1 amide bonds. The van der Waals surface area contributed by atoms with Crippen LogP contribution in [-0.2, 0) is 9.53 Å². The van der Waals surface area contributed by atoms with E-state index in [2.05, 4.69) is 5.32 Å². The highest BCUT2D eigenvalue weighted by molar-refractivity contribution is 5.76. The molecule has 0 aromatic heterocycles. The molecule has 0 aliphatic carbocycles. The van der Waals surface area contributed by atoms with Crippen LogP contribution in [-0.4, -0.2) is 30.7 Å². The highest BCUT2D eigenvalue weighted by atomic mass is 16.5. The van der Waals surface area contributed by atoms with Crippen molar-refractivity contribution in [1.82, 2.24) is 5.32 Å². The maximum Gasteiger partial charge on any atom is 0.220 e. The molecular formula is C11H24N2O2. The van der Waals surface area contributed by atoms with E-state index in [9.17, 15) is 4.79 Å². The normalized spacial score (nSPS) is 13.7. The Morgan fingerprint density at radius 2 is 2.13 bits per heavy atom. The van der Waals surface area contributed by atoms with E-state index < -0.39 is 0 Å². The van der Waals surface area contributed by atoms with Crippen molar-refractivity contribution in [2.45, 2.75) is 52.1 Å². The Morgan fingerprint density at radius 1 is 1.53 bits per heavy atom. The molecule has 0 radical (unpaired) electrons. The lowest BCUT2D eigenvalue weighted by Gasteiger charge is -2.30. The number of nitrogens with two attached hydrogens (primary N) is 1. The lowest BCUT2D eigenvalue weighted by atomic mass is 9.96. The molecule has 4 nitrogen and oxygen atoms in total. The molecule has 1 atom stereocenters. The molecular weight excluding hydrogens is 192 g/mol. The number of carbonyl (C=O) groups is 1. The number of amides is 1. The van der Waals surface area contributed by atoms with Crippen molar-refractivity contribution in [3.8, 4) is 0 Å². The van der Waals surface area contributed by atoms with E-state index in [1.54, 1.807) is 0 Å². The third-order valence-electron chi connectivity index (χ3n) is 2.50. The first kappa shape index (κ1) is 14.4. The number of hydrogen-bond acceptors (Lipinski definition) is 3. The molecule has 0 rings (SSSR count). The van der Waals surface area contributed by atoms with E-state index in [0.29, 0.717) is 19.6 Å². The van der Waals surface area contributed by atoms with Crippen LogP contribution in [0.2, 0.25) is 0 Å². The van der Waals surface area contributed by atoms with Gasteiger partial charge in [0.25, 0.3) is 0 Å². The Morgan fingerprint density at radius 3 is 2.60 bits per heavy atom. The molecule has 0 bridgehead atoms. The van der Waals surface area contributed by atoms with Crippen LogP contribution in [0.4, 0.5) is 0 Å². The predicted molar refractivity (Wildman–Crippen MR) is 61.6 cm³/mol. The van der Waals surface area contributed by atoms with Crippen molar-refractivity contribution in [1.29, 1.82) is 0 Å². The molecule has 0 fully saturated rings. The van der Waals surface area contributed by atoms with Gasteiger partial charge in [-0.2, -0.15) is 0 Å². The molecule has 0 saturated carbocycles. The first-order valence-electron chi connectivity index (χ1n) is 5.54. The molecule has 0 spiro atoms. The molecule has 0 aliphatic heterocycles. The largest absolute Gasteiger partial charge is 0.382 e. The molecule has 0 saturated heterocycles. The van der Waals surface area contributed by atoms with E-state index in [4.69, 9.17) is 10.5 Å². The van der Waals surface area contributed by atoms with Gasteiger partial charge in [-0.05, 0) is 34.1 Å². The first-order chi connectivity index (χ1) is 6.90. The summed E-state index contributed by atoms with van der Waals surface area (Å²) in [5, 5.41) is 2.91. The van der Waals surface area contributed by atoms with Gasteiger partial charge in [0.1, 0.15) is 0 Å². The zero-order valence-corrected chi connectivity index (χ0v) is 10.3. The standard InChI is InChI=1S/C11H24N2O2/c1-5-15-8-6-7-10(14)13-11(3,4)9(2)12/h9H,5-8,12H2,1-4H3,(H,13,14). The van der Waals surface area contributed by atoms with Gasteiger partial charge in [-0.15, -0.1) is 0 Å². The molecule has 0 heterocycles. The van der Waals surface area contributed by atoms with Crippen molar-refractivity contribution >= 4 is 5.91 Å². The Labute approximate surface area is 92.6 Å². The summed E-state index contributed by atoms with van der Waals surface area (Å²) in [6.07, 6.45) is 1.25. The molecule has 3 N–H and O–H groups in total. The van der Waals surface area contributed by atoms with E-state index in [-0.39, 0.29) is 17.5 Å². The molecule has 0 aromatic carbocycles. The second-order valence-electron chi connectivity index (χ2n) is 4.36. The maximum absolute atomic E-state index is 11.5. The average Bonchev–Trinajstić information content (AvgIpc) is 2.11. The topological polar surface area (TPSA) is 64.3 Å².